The van der Waals surface area contributed by atoms with Crippen molar-refractivity contribution in [2.24, 2.45) is 0 Å². The number of fused-ring (bicyclic) bond motifs is 1. The number of alkyl halides is 2. The summed E-state index contributed by atoms with van der Waals surface area (Å²) >= 11 is 2.82. The minimum absolute atomic E-state index is 0.0102. The van der Waals surface area contributed by atoms with Crippen LogP contribution in [0.5, 0.6) is 0 Å². The third-order valence-corrected chi connectivity index (χ3v) is 2.79. The molecule has 9 heteroatoms. The van der Waals surface area contributed by atoms with Gasteiger partial charge in [0.25, 0.3) is 11.3 Å². The molecule has 0 saturated heterocycles. The number of hydrogen-bond acceptors (Lipinski definition) is 2. The van der Waals surface area contributed by atoms with E-state index in [1.54, 1.807) is 4.83 Å². The zero-order valence-electron chi connectivity index (χ0n) is 8.08. The lowest BCUT2D eigenvalue weighted by Gasteiger charge is -2.25. The fourth-order valence-corrected chi connectivity index (χ4v) is 2.28. The first-order valence-corrected chi connectivity index (χ1v) is 5.83. The smallest absolute Gasteiger partial charge is 0.293 e. The molecule has 1 aliphatic heterocycles. The van der Waals surface area contributed by atoms with Gasteiger partial charge in [-0.05, 0) is 17.7 Å². The van der Waals surface area contributed by atoms with Crippen LogP contribution in [0.2, 0.25) is 5.02 Å². The number of hydrazine groups is 1. The van der Waals surface area contributed by atoms with Gasteiger partial charge in [-0.3, -0.25) is 4.55 Å². The van der Waals surface area contributed by atoms with Crippen molar-refractivity contribution in [3.05, 3.63) is 28.5 Å². The van der Waals surface area contributed by atoms with Gasteiger partial charge >= 0.3 is 6.05 Å². The van der Waals surface area contributed by atoms with E-state index in [0.717, 1.165) is 6.07 Å². The molecule has 1 aromatic rings. The van der Waals surface area contributed by atoms with Crippen LogP contribution in [0.25, 0.3) is 0 Å². The maximum atomic E-state index is 13.5. The van der Waals surface area contributed by atoms with E-state index in [4.69, 9.17) is 16.2 Å². The zero-order valence-corrected chi connectivity index (χ0v) is 9.66. The molecule has 2 rings (SSSR count). The molecule has 0 fully saturated rings. The molecule has 0 saturated carbocycles. The Bertz CT molecular complexity index is 500. The second kappa shape index (κ2) is 4.13. The molecule has 4 nitrogen and oxygen atoms in total. The highest BCUT2D eigenvalue weighted by Gasteiger charge is 2.47. The van der Waals surface area contributed by atoms with Crippen molar-refractivity contribution in [1.29, 1.82) is 0 Å². The molecule has 1 atom stereocenters. The number of nitrogens with one attached hydrogen (secondary N) is 1. The van der Waals surface area contributed by atoms with E-state index in [1.807, 2.05) is 0 Å². The summed E-state index contributed by atoms with van der Waals surface area (Å²) in [6, 6.07) is -1.45. The molecule has 1 heterocycles. The summed E-state index contributed by atoms with van der Waals surface area (Å²) in [6.07, 6.45) is -0.788. The molecular formula is C8H6ClF3N2O2S. The summed E-state index contributed by atoms with van der Waals surface area (Å²) in [7, 11) is 0. The molecule has 0 amide bonds. The fourth-order valence-electron chi connectivity index (χ4n) is 1.67. The second-order valence-corrected chi connectivity index (χ2v) is 4.53. The predicted octanol–water partition coefficient (Wildman–Crippen LogP) is 2.08. The Morgan fingerprint density at radius 2 is 2.18 bits per heavy atom. The van der Waals surface area contributed by atoms with E-state index in [0.29, 0.717) is 0 Å². The first kappa shape index (κ1) is 12.6. The monoisotopic (exact) mass is 286 g/mol. The maximum Gasteiger partial charge on any atom is 0.343 e. The molecule has 2 N–H and O–H groups in total. The first-order valence-electron chi connectivity index (χ1n) is 4.34. The number of hydrogen-bond donors (Lipinski definition) is 2. The highest BCUT2D eigenvalue weighted by Crippen LogP contribution is 2.42. The molecule has 0 spiro atoms. The van der Waals surface area contributed by atoms with Gasteiger partial charge in [-0.1, -0.05) is 11.6 Å². The van der Waals surface area contributed by atoms with E-state index in [9.17, 15) is 17.4 Å². The van der Waals surface area contributed by atoms with Crippen LogP contribution in [0.4, 0.5) is 18.9 Å². The first-order chi connectivity index (χ1) is 7.81. The molecule has 1 aliphatic rings. The molecule has 1 unspecified atom stereocenters. The Kier molecular flexibility index (Phi) is 3.06. The number of benzene rings is 1. The number of halogens is 4. The minimum Gasteiger partial charge on any atom is -0.293 e. The van der Waals surface area contributed by atoms with Crippen LogP contribution in [0, 0.1) is 5.82 Å². The van der Waals surface area contributed by atoms with Crippen molar-refractivity contribution in [2.75, 3.05) is 5.01 Å². The van der Waals surface area contributed by atoms with Gasteiger partial charge in [0.1, 0.15) is 5.82 Å². The van der Waals surface area contributed by atoms with E-state index >= 15 is 0 Å². The number of rotatable bonds is 2. The van der Waals surface area contributed by atoms with E-state index in [1.165, 1.54) is 6.07 Å². The van der Waals surface area contributed by atoms with Crippen LogP contribution in [-0.2, 0) is 17.7 Å². The quantitative estimate of drug-likeness (QED) is 0.646. The van der Waals surface area contributed by atoms with Gasteiger partial charge in [-0.25, -0.2) is 13.6 Å². The van der Waals surface area contributed by atoms with Gasteiger partial charge in [0.05, 0.1) is 12.1 Å². The summed E-state index contributed by atoms with van der Waals surface area (Å²) in [5.74, 6) is -0.984. The van der Waals surface area contributed by atoms with E-state index < -0.39 is 35.2 Å². The van der Waals surface area contributed by atoms with Gasteiger partial charge < -0.3 is 0 Å². The van der Waals surface area contributed by atoms with Crippen molar-refractivity contribution >= 4 is 28.6 Å². The number of anilines is 1. The molecule has 94 valence electrons. The van der Waals surface area contributed by atoms with Gasteiger partial charge in [-0.15, -0.1) is 4.83 Å². The van der Waals surface area contributed by atoms with Crippen LogP contribution in [-0.4, -0.2) is 14.8 Å². The van der Waals surface area contributed by atoms with Crippen LogP contribution in [0.1, 0.15) is 5.56 Å². The molecule has 1 aromatic carbocycles. The van der Waals surface area contributed by atoms with Crippen molar-refractivity contribution in [3.8, 4) is 0 Å². The minimum atomic E-state index is -3.49. The van der Waals surface area contributed by atoms with Crippen LogP contribution in [0.3, 0.4) is 0 Å². The zero-order chi connectivity index (χ0) is 12.8. The topological polar surface area (TPSA) is 52.6 Å². The summed E-state index contributed by atoms with van der Waals surface area (Å²) in [6.45, 7) is 0. The average Bonchev–Trinajstić information content (AvgIpc) is 2.36. The summed E-state index contributed by atoms with van der Waals surface area (Å²) in [5, 5.41) is 0.0356. The van der Waals surface area contributed by atoms with Gasteiger partial charge in [0.15, 0.2) is 0 Å². The highest BCUT2D eigenvalue weighted by atomic mass is 35.5. The Morgan fingerprint density at radius 1 is 1.53 bits per heavy atom. The molecule has 0 bridgehead atoms. The van der Waals surface area contributed by atoms with Crippen molar-refractivity contribution < 1.29 is 21.9 Å². The normalized spacial score (nSPS) is 19.2. The highest BCUT2D eigenvalue weighted by molar-refractivity contribution is 7.77. The Labute approximate surface area is 102 Å². The summed E-state index contributed by atoms with van der Waals surface area (Å²) in [4.78, 5) is 1.58. The van der Waals surface area contributed by atoms with Crippen LogP contribution in [0.15, 0.2) is 12.1 Å². The molecule has 0 radical (unpaired) electrons. The lowest BCUT2D eigenvalue weighted by atomic mass is 10.1. The van der Waals surface area contributed by atoms with Crippen LogP contribution < -0.4 is 9.84 Å². The van der Waals surface area contributed by atoms with Crippen molar-refractivity contribution in [2.45, 2.75) is 12.5 Å². The van der Waals surface area contributed by atoms with Gasteiger partial charge in [0.2, 0.25) is 0 Å². The summed E-state index contributed by atoms with van der Waals surface area (Å²) < 4.78 is 59.5. The third-order valence-electron chi connectivity index (χ3n) is 2.23. The van der Waals surface area contributed by atoms with Crippen LogP contribution >= 0.6 is 11.6 Å². The van der Waals surface area contributed by atoms with Crippen molar-refractivity contribution in [1.82, 2.24) is 4.83 Å². The van der Waals surface area contributed by atoms with E-state index in [-0.39, 0.29) is 15.6 Å². The lowest BCUT2D eigenvalue weighted by molar-refractivity contribution is 0.00263. The van der Waals surface area contributed by atoms with Gasteiger partial charge in [-0.2, -0.15) is 8.78 Å². The lowest BCUT2D eigenvalue weighted by Crippen LogP contribution is -2.49. The average molecular weight is 287 g/mol. The Morgan fingerprint density at radius 3 is 2.76 bits per heavy atom. The largest absolute Gasteiger partial charge is 0.343 e. The Hall–Kier alpha value is -0.830. The standard InChI is InChI=1S/C8H6ClF3N2O2S/c9-5-1-4-3-8(11,12)14(13-17(15)16)7(4)6(10)2-5/h1-2,13H,3H2,(H,15,16). The summed E-state index contributed by atoms with van der Waals surface area (Å²) in [5.41, 5.74) is -0.500. The Balaban J connectivity index is 2.51. The van der Waals surface area contributed by atoms with Gasteiger partial charge in [0, 0.05) is 5.02 Å². The fraction of sp³-hybridized carbons (Fsp3) is 0.250. The second-order valence-electron chi connectivity index (χ2n) is 3.41. The molecule has 0 aliphatic carbocycles. The van der Waals surface area contributed by atoms with E-state index in [2.05, 4.69) is 0 Å². The predicted molar refractivity (Wildman–Crippen MR) is 56.4 cm³/mol. The molecular weight excluding hydrogens is 281 g/mol. The SMILES string of the molecule is O=S(O)NN1c2c(F)cc(Cl)cc2CC1(F)F. The maximum absolute atomic E-state index is 13.5. The molecule has 0 aromatic heterocycles. The number of nitrogens with zero attached hydrogens (tertiary/aromatic N) is 1. The third kappa shape index (κ3) is 2.25. The molecule has 17 heavy (non-hydrogen) atoms. The van der Waals surface area contributed by atoms with Crippen molar-refractivity contribution in [3.63, 3.8) is 0 Å².